The predicted molar refractivity (Wildman–Crippen MR) is 145 cm³/mol. The van der Waals surface area contributed by atoms with Gasteiger partial charge in [0.15, 0.2) is 23.2 Å². The van der Waals surface area contributed by atoms with Crippen LogP contribution in [0, 0.1) is 13.8 Å². The van der Waals surface area contributed by atoms with Crippen LogP contribution in [-0.2, 0) is 4.79 Å². The minimum atomic E-state index is -0.261. The number of anilines is 1. The topological polar surface area (TPSA) is 78.9 Å². The number of nitrogens with zero attached hydrogens (tertiary/aromatic N) is 1. The van der Waals surface area contributed by atoms with Gasteiger partial charge in [0.25, 0.3) is 5.91 Å². The van der Waals surface area contributed by atoms with Crippen molar-refractivity contribution in [2.24, 2.45) is 0 Å². The molecule has 1 N–H and O–H groups in total. The van der Waals surface area contributed by atoms with Crippen LogP contribution < -0.4 is 24.3 Å². The van der Waals surface area contributed by atoms with E-state index in [9.17, 15) is 4.79 Å². The molecule has 0 radical (unpaired) electrons. The molecule has 0 atom stereocenters. The van der Waals surface area contributed by atoms with Crippen molar-refractivity contribution in [1.29, 1.82) is 0 Å². The zero-order valence-corrected chi connectivity index (χ0v) is 21.7. The van der Waals surface area contributed by atoms with E-state index >= 15 is 0 Å². The predicted octanol–water partition coefficient (Wildman–Crippen LogP) is 6.13. The minimum Gasteiger partial charge on any atom is -0.493 e. The number of aryl methyl sites for hydroxylation is 2. The lowest BCUT2D eigenvalue weighted by Crippen LogP contribution is -2.20. The summed E-state index contributed by atoms with van der Waals surface area (Å²) >= 11 is 1.45. The number of carbonyl (C=O) groups is 1. The Morgan fingerprint density at radius 2 is 1.58 bits per heavy atom. The van der Waals surface area contributed by atoms with Gasteiger partial charge in [-0.2, -0.15) is 0 Å². The highest BCUT2D eigenvalue weighted by Crippen LogP contribution is 2.38. The third kappa shape index (κ3) is 5.78. The van der Waals surface area contributed by atoms with Crippen LogP contribution in [0.5, 0.6) is 23.0 Å². The number of hydrogen-bond acceptors (Lipinski definition) is 7. The number of thiazole rings is 1. The summed E-state index contributed by atoms with van der Waals surface area (Å²) in [5.74, 6) is 2.08. The van der Waals surface area contributed by atoms with Gasteiger partial charge in [0.2, 0.25) is 5.75 Å². The van der Waals surface area contributed by atoms with Gasteiger partial charge in [-0.05, 0) is 66.4 Å². The molecule has 8 heteroatoms. The van der Waals surface area contributed by atoms with Gasteiger partial charge in [-0.15, -0.1) is 0 Å². The molecular weight excluding hydrogens is 476 g/mol. The first-order valence-electron chi connectivity index (χ1n) is 11.3. The molecule has 0 aliphatic carbocycles. The fraction of sp³-hybridized carbons (Fsp3) is 0.214. The average molecular weight is 505 g/mol. The van der Waals surface area contributed by atoms with Gasteiger partial charge in [-0.3, -0.25) is 10.1 Å². The number of ether oxygens (including phenoxy) is 4. The summed E-state index contributed by atoms with van der Waals surface area (Å²) in [6.07, 6.45) is 3.90. The maximum Gasteiger partial charge on any atom is 0.264 e. The molecule has 0 spiro atoms. The van der Waals surface area contributed by atoms with Crippen molar-refractivity contribution >= 4 is 44.7 Å². The molecule has 0 bridgehead atoms. The van der Waals surface area contributed by atoms with E-state index in [4.69, 9.17) is 18.9 Å². The fourth-order valence-electron chi connectivity index (χ4n) is 3.65. The lowest BCUT2D eigenvalue weighted by molar-refractivity contribution is -0.118. The molecule has 7 nitrogen and oxygen atoms in total. The molecule has 0 fully saturated rings. The smallest absolute Gasteiger partial charge is 0.264 e. The third-order valence-corrected chi connectivity index (χ3v) is 6.45. The molecule has 0 aliphatic heterocycles. The van der Waals surface area contributed by atoms with E-state index in [-0.39, 0.29) is 12.5 Å². The Hall–Kier alpha value is -4.04. The maximum atomic E-state index is 12.5. The van der Waals surface area contributed by atoms with Crippen LogP contribution in [0.3, 0.4) is 0 Å². The summed E-state index contributed by atoms with van der Waals surface area (Å²) in [6, 6.07) is 15.6. The summed E-state index contributed by atoms with van der Waals surface area (Å²) < 4.78 is 23.1. The van der Waals surface area contributed by atoms with E-state index in [1.165, 1.54) is 11.3 Å². The van der Waals surface area contributed by atoms with Crippen LogP contribution in [-0.4, -0.2) is 38.8 Å². The second-order valence-corrected chi connectivity index (χ2v) is 9.17. The number of amides is 1. The summed E-state index contributed by atoms with van der Waals surface area (Å²) in [4.78, 5) is 17.0. The number of carbonyl (C=O) groups excluding carboxylic acids is 1. The van der Waals surface area contributed by atoms with E-state index in [0.717, 1.165) is 32.5 Å². The Morgan fingerprint density at radius 1 is 0.889 bits per heavy atom. The zero-order chi connectivity index (χ0) is 25.7. The van der Waals surface area contributed by atoms with Crippen molar-refractivity contribution in [1.82, 2.24) is 4.98 Å². The number of benzene rings is 3. The van der Waals surface area contributed by atoms with Crippen molar-refractivity contribution in [2.75, 3.05) is 33.3 Å². The molecule has 1 amide bonds. The van der Waals surface area contributed by atoms with Crippen molar-refractivity contribution in [3.63, 3.8) is 0 Å². The van der Waals surface area contributed by atoms with Gasteiger partial charge in [-0.1, -0.05) is 41.7 Å². The lowest BCUT2D eigenvalue weighted by atomic mass is 10.1. The Bertz CT molecular complexity index is 1400. The molecule has 1 heterocycles. The van der Waals surface area contributed by atoms with Gasteiger partial charge < -0.3 is 18.9 Å². The standard InChI is InChI=1S/C28H28N2O5S/c1-17-6-11-21-25(12-17)36-28(29-21)30-26(31)16-35-22-13-19(8-7-18(22)2)9-10-20-14-23(32-3)27(34-5)24(15-20)33-4/h6-15H,16H2,1-5H3,(H,29,30,31)/b10-9-. The Kier molecular flexibility index (Phi) is 7.75. The number of rotatable bonds is 9. The van der Waals surface area contributed by atoms with Crippen molar-refractivity contribution in [3.05, 3.63) is 70.8 Å². The molecule has 0 aliphatic rings. The molecule has 4 aromatic rings. The molecule has 0 saturated heterocycles. The van der Waals surface area contributed by atoms with Gasteiger partial charge in [0.1, 0.15) is 5.75 Å². The quantitative estimate of drug-likeness (QED) is 0.276. The van der Waals surface area contributed by atoms with Gasteiger partial charge in [0, 0.05) is 0 Å². The maximum absolute atomic E-state index is 12.5. The van der Waals surface area contributed by atoms with Crippen LogP contribution >= 0.6 is 11.3 Å². The first-order chi connectivity index (χ1) is 17.4. The molecule has 186 valence electrons. The SMILES string of the molecule is COc1cc(/C=C\c2ccc(C)c(OCC(=O)Nc3nc4ccc(C)cc4s3)c2)cc(OC)c1OC. The molecule has 1 aromatic heterocycles. The summed E-state index contributed by atoms with van der Waals surface area (Å²) in [6.45, 7) is 3.85. The highest BCUT2D eigenvalue weighted by atomic mass is 32.1. The molecule has 3 aromatic carbocycles. The molecule has 4 rings (SSSR count). The molecule has 0 unspecified atom stereocenters. The fourth-order valence-corrected chi connectivity index (χ4v) is 4.63. The van der Waals surface area contributed by atoms with Crippen LogP contribution in [0.25, 0.3) is 22.4 Å². The lowest BCUT2D eigenvalue weighted by Gasteiger charge is -2.13. The summed E-state index contributed by atoms with van der Waals surface area (Å²) in [7, 11) is 4.74. The van der Waals surface area contributed by atoms with Crippen molar-refractivity contribution in [3.8, 4) is 23.0 Å². The number of nitrogens with one attached hydrogen (secondary N) is 1. The summed E-state index contributed by atoms with van der Waals surface area (Å²) in [5.41, 5.74) is 4.76. The van der Waals surface area contributed by atoms with E-state index in [2.05, 4.69) is 16.4 Å². The van der Waals surface area contributed by atoms with E-state index in [1.54, 1.807) is 21.3 Å². The van der Waals surface area contributed by atoms with Gasteiger partial charge in [0.05, 0.1) is 31.5 Å². The monoisotopic (exact) mass is 504 g/mol. The minimum absolute atomic E-state index is 0.115. The average Bonchev–Trinajstić information content (AvgIpc) is 3.27. The summed E-state index contributed by atoms with van der Waals surface area (Å²) in [5, 5.41) is 3.39. The van der Waals surface area contributed by atoms with Crippen LogP contribution in [0.15, 0.2) is 48.5 Å². The Morgan fingerprint density at radius 3 is 2.28 bits per heavy atom. The van der Waals surface area contributed by atoms with Crippen molar-refractivity contribution < 1.29 is 23.7 Å². The van der Waals surface area contributed by atoms with E-state index in [0.29, 0.717) is 28.1 Å². The number of methoxy groups -OCH3 is 3. The first-order valence-corrected chi connectivity index (χ1v) is 12.1. The highest BCUT2D eigenvalue weighted by Gasteiger charge is 2.13. The normalized spacial score (nSPS) is 11.0. The van der Waals surface area contributed by atoms with E-state index < -0.39 is 0 Å². The number of hydrogen-bond donors (Lipinski definition) is 1. The molecule has 0 saturated carbocycles. The zero-order valence-electron chi connectivity index (χ0n) is 20.9. The van der Waals surface area contributed by atoms with Gasteiger partial charge in [-0.25, -0.2) is 4.98 Å². The largest absolute Gasteiger partial charge is 0.493 e. The van der Waals surface area contributed by atoms with Gasteiger partial charge >= 0.3 is 0 Å². The third-order valence-electron chi connectivity index (χ3n) is 5.52. The second-order valence-electron chi connectivity index (χ2n) is 8.14. The second kappa shape index (κ2) is 11.1. The van der Waals surface area contributed by atoms with Crippen LogP contribution in [0.2, 0.25) is 0 Å². The number of aromatic nitrogens is 1. The van der Waals surface area contributed by atoms with Crippen LogP contribution in [0.1, 0.15) is 22.3 Å². The first kappa shape index (κ1) is 25.1. The van der Waals surface area contributed by atoms with Crippen LogP contribution in [0.4, 0.5) is 5.13 Å². The number of fused-ring (bicyclic) bond motifs is 1. The Labute approximate surface area is 214 Å². The molecular formula is C28H28N2O5S. The highest BCUT2D eigenvalue weighted by molar-refractivity contribution is 7.22. The van der Waals surface area contributed by atoms with E-state index in [1.807, 2.05) is 68.5 Å². The Balaban J connectivity index is 1.43. The van der Waals surface area contributed by atoms with Crippen molar-refractivity contribution in [2.45, 2.75) is 13.8 Å². The molecule has 36 heavy (non-hydrogen) atoms.